The predicted octanol–water partition coefficient (Wildman–Crippen LogP) is 1.31. The molecule has 0 aromatic heterocycles. The van der Waals surface area contributed by atoms with Crippen LogP contribution in [0.5, 0.6) is 5.75 Å². The molecular formula is C19H22ClN3O6S. The second kappa shape index (κ2) is 10.9. The second-order valence-corrected chi connectivity index (χ2v) is 8.33. The molecule has 4 N–H and O–H groups in total. The predicted molar refractivity (Wildman–Crippen MR) is 112 cm³/mol. The summed E-state index contributed by atoms with van der Waals surface area (Å²) >= 11 is 6.09. The first kappa shape index (κ1) is 23.6. The maximum atomic E-state index is 12.2. The van der Waals surface area contributed by atoms with Gasteiger partial charge in [0, 0.05) is 19.3 Å². The monoisotopic (exact) mass is 455 g/mol. The molecule has 0 aliphatic carbocycles. The summed E-state index contributed by atoms with van der Waals surface area (Å²) in [5.41, 5.74) is 6.38. The van der Waals surface area contributed by atoms with E-state index in [1.54, 1.807) is 24.3 Å². The summed E-state index contributed by atoms with van der Waals surface area (Å²) in [6.45, 7) is 0.0243. The molecule has 9 nitrogen and oxygen atoms in total. The highest BCUT2D eigenvalue weighted by molar-refractivity contribution is 7.89. The molecule has 2 aromatic rings. The standard InChI is InChI=1S/C19H22ClN3O6S/c1-28-9-8-22-30(26,27)15-6-7-17(16(20)11-15)29-12-19(25)23-14-4-2-13(3-5-14)10-18(21)24/h2-7,11,22H,8-10,12H2,1H3,(H2,21,24)(H,23,25). The van der Waals surface area contributed by atoms with Crippen molar-refractivity contribution in [2.75, 3.05) is 32.2 Å². The van der Waals surface area contributed by atoms with Crippen molar-refractivity contribution in [2.45, 2.75) is 11.3 Å². The van der Waals surface area contributed by atoms with Crippen LogP contribution in [0.15, 0.2) is 47.4 Å². The number of ether oxygens (including phenoxy) is 2. The van der Waals surface area contributed by atoms with Crippen molar-refractivity contribution in [2.24, 2.45) is 5.73 Å². The molecule has 0 heterocycles. The minimum atomic E-state index is -3.73. The fourth-order valence-corrected chi connectivity index (χ4v) is 3.71. The van der Waals surface area contributed by atoms with E-state index in [0.29, 0.717) is 5.69 Å². The van der Waals surface area contributed by atoms with Gasteiger partial charge in [0.25, 0.3) is 5.91 Å². The molecule has 0 unspecified atom stereocenters. The highest BCUT2D eigenvalue weighted by Gasteiger charge is 2.16. The fraction of sp³-hybridized carbons (Fsp3) is 0.263. The molecule has 0 aliphatic heterocycles. The third-order valence-corrected chi connectivity index (χ3v) is 5.54. The summed E-state index contributed by atoms with van der Waals surface area (Å²) in [5, 5.41) is 2.68. The zero-order valence-corrected chi connectivity index (χ0v) is 17.8. The normalized spacial score (nSPS) is 11.1. The van der Waals surface area contributed by atoms with E-state index < -0.39 is 21.8 Å². The lowest BCUT2D eigenvalue weighted by Crippen LogP contribution is -2.27. The van der Waals surface area contributed by atoms with Crippen LogP contribution >= 0.6 is 11.6 Å². The number of methoxy groups -OCH3 is 1. The Labute approximate surface area is 179 Å². The summed E-state index contributed by atoms with van der Waals surface area (Å²) in [5.74, 6) is -0.715. The Kier molecular flexibility index (Phi) is 8.60. The fourth-order valence-electron chi connectivity index (χ4n) is 2.37. The number of hydrogen-bond donors (Lipinski definition) is 3. The zero-order chi connectivity index (χ0) is 22.1. The van der Waals surface area contributed by atoms with Gasteiger partial charge in [-0.15, -0.1) is 0 Å². The van der Waals surface area contributed by atoms with Crippen LogP contribution in [0.25, 0.3) is 0 Å². The number of sulfonamides is 1. The number of carbonyl (C=O) groups excluding carboxylic acids is 2. The van der Waals surface area contributed by atoms with Gasteiger partial charge in [0.1, 0.15) is 5.75 Å². The van der Waals surface area contributed by atoms with Crippen molar-refractivity contribution in [3.8, 4) is 5.75 Å². The number of anilines is 1. The van der Waals surface area contributed by atoms with Crippen molar-refractivity contribution in [3.05, 3.63) is 53.1 Å². The number of nitrogens with two attached hydrogens (primary N) is 1. The number of halogens is 1. The average molecular weight is 456 g/mol. The molecule has 0 spiro atoms. The quantitative estimate of drug-likeness (QED) is 0.437. The molecular weight excluding hydrogens is 434 g/mol. The van der Waals surface area contributed by atoms with Crippen LogP contribution in [0.1, 0.15) is 5.56 Å². The van der Waals surface area contributed by atoms with Crippen LogP contribution < -0.4 is 20.5 Å². The Bertz CT molecular complexity index is 996. The lowest BCUT2D eigenvalue weighted by Gasteiger charge is -2.11. The Hall–Kier alpha value is -2.66. The number of primary amides is 1. The van der Waals surface area contributed by atoms with E-state index >= 15 is 0 Å². The van der Waals surface area contributed by atoms with Gasteiger partial charge in [0.05, 0.1) is 22.9 Å². The van der Waals surface area contributed by atoms with Gasteiger partial charge in [0.2, 0.25) is 15.9 Å². The molecule has 0 fully saturated rings. The van der Waals surface area contributed by atoms with Gasteiger partial charge in [-0.1, -0.05) is 23.7 Å². The highest BCUT2D eigenvalue weighted by Crippen LogP contribution is 2.27. The molecule has 0 atom stereocenters. The van der Waals surface area contributed by atoms with Crippen LogP contribution in [0, 0.1) is 0 Å². The minimum Gasteiger partial charge on any atom is -0.482 e. The van der Waals surface area contributed by atoms with Crippen molar-refractivity contribution in [1.29, 1.82) is 0 Å². The van der Waals surface area contributed by atoms with Gasteiger partial charge in [-0.3, -0.25) is 9.59 Å². The second-order valence-electron chi connectivity index (χ2n) is 6.16. The van der Waals surface area contributed by atoms with Crippen molar-refractivity contribution in [3.63, 3.8) is 0 Å². The van der Waals surface area contributed by atoms with E-state index in [1.165, 1.54) is 25.3 Å². The number of benzene rings is 2. The van der Waals surface area contributed by atoms with Gasteiger partial charge in [-0.2, -0.15) is 0 Å². The molecule has 0 bridgehead atoms. The minimum absolute atomic E-state index is 0.0311. The number of rotatable bonds is 11. The van der Waals surface area contributed by atoms with Gasteiger partial charge < -0.3 is 20.5 Å². The zero-order valence-electron chi connectivity index (χ0n) is 16.2. The Morgan fingerprint density at radius 3 is 2.43 bits per heavy atom. The van der Waals surface area contributed by atoms with Crippen LogP contribution in [-0.2, 0) is 30.8 Å². The lowest BCUT2D eigenvalue weighted by atomic mass is 10.1. The Balaban J connectivity index is 1.92. The molecule has 0 saturated carbocycles. The number of amides is 2. The summed E-state index contributed by atoms with van der Waals surface area (Å²) in [6.07, 6.45) is 0.115. The van der Waals surface area contributed by atoms with Crippen LogP contribution in [0.2, 0.25) is 5.02 Å². The maximum Gasteiger partial charge on any atom is 0.262 e. The van der Waals surface area contributed by atoms with E-state index in [0.717, 1.165) is 5.56 Å². The SMILES string of the molecule is COCCNS(=O)(=O)c1ccc(OCC(=O)Nc2ccc(CC(N)=O)cc2)c(Cl)c1. The summed E-state index contributed by atoms with van der Waals surface area (Å²) in [4.78, 5) is 22.9. The largest absolute Gasteiger partial charge is 0.482 e. The molecule has 0 aliphatic rings. The van der Waals surface area contributed by atoms with E-state index in [9.17, 15) is 18.0 Å². The van der Waals surface area contributed by atoms with Gasteiger partial charge in [-0.05, 0) is 35.9 Å². The van der Waals surface area contributed by atoms with Crippen LogP contribution in [0.4, 0.5) is 5.69 Å². The maximum absolute atomic E-state index is 12.2. The topological polar surface area (TPSA) is 137 Å². The molecule has 0 radical (unpaired) electrons. The van der Waals surface area contributed by atoms with E-state index in [4.69, 9.17) is 26.8 Å². The molecule has 2 aromatic carbocycles. The third-order valence-electron chi connectivity index (χ3n) is 3.79. The molecule has 162 valence electrons. The first-order chi connectivity index (χ1) is 14.2. The smallest absolute Gasteiger partial charge is 0.262 e. The highest BCUT2D eigenvalue weighted by atomic mass is 35.5. The van der Waals surface area contributed by atoms with E-state index in [-0.39, 0.29) is 41.8 Å². The Morgan fingerprint density at radius 1 is 1.13 bits per heavy atom. The summed E-state index contributed by atoms with van der Waals surface area (Å²) in [7, 11) is -2.27. The number of nitrogens with one attached hydrogen (secondary N) is 2. The molecule has 2 rings (SSSR count). The number of hydrogen-bond acceptors (Lipinski definition) is 6. The summed E-state index contributed by atoms with van der Waals surface area (Å²) < 4.78 is 36.9. The van der Waals surface area contributed by atoms with Crippen molar-refractivity contribution < 1.29 is 27.5 Å². The van der Waals surface area contributed by atoms with Gasteiger partial charge >= 0.3 is 0 Å². The first-order valence-corrected chi connectivity index (χ1v) is 10.7. The third kappa shape index (κ3) is 7.30. The van der Waals surface area contributed by atoms with E-state index in [1.807, 2.05) is 0 Å². The first-order valence-electron chi connectivity index (χ1n) is 8.79. The molecule has 2 amide bonds. The van der Waals surface area contributed by atoms with Crippen molar-refractivity contribution in [1.82, 2.24) is 4.72 Å². The molecule has 0 saturated heterocycles. The van der Waals surface area contributed by atoms with Crippen LogP contribution in [0.3, 0.4) is 0 Å². The molecule has 30 heavy (non-hydrogen) atoms. The van der Waals surface area contributed by atoms with Crippen LogP contribution in [-0.4, -0.2) is 47.1 Å². The average Bonchev–Trinajstić information content (AvgIpc) is 2.68. The summed E-state index contributed by atoms with van der Waals surface area (Å²) in [6, 6.07) is 10.6. The van der Waals surface area contributed by atoms with Gasteiger partial charge in [-0.25, -0.2) is 13.1 Å². The van der Waals surface area contributed by atoms with Crippen molar-refractivity contribution >= 4 is 39.1 Å². The number of carbonyl (C=O) groups is 2. The van der Waals surface area contributed by atoms with Gasteiger partial charge in [0.15, 0.2) is 6.61 Å². The van der Waals surface area contributed by atoms with E-state index in [2.05, 4.69) is 10.0 Å². The Morgan fingerprint density at radius 2 is 1.83 bits per heavy atom. The lowest BCUT2D eigenvalue weighted by molar-refractivity contribution is -0.118. The molecule has 11 heteroatoms.